The molecule has 0 aromatic heterocycles. The first kappa shape index (κ1) is 13.0. The first-order valence-corrected chi connectivity index (χ1v) is 5.89. The van der Waals surface area contributed by atoms with E-state index in [1.54, 1.807) is 20.4 Å². The van der Waals surface area contributed by atoms with Crippen molar-refractivity contribution in [2.75, 3.05) is 19.6 Å². The summed E-state index contributed by atoms with van der Waals surface area (Å²) in [6, 6.07) is 15.3. The number of hydrogen-bond donors (Lipinski definition) is 1. The maximum absolute atomic E-state index is 5.09. The molecule has 2 rings (SSSR count). The van der Waals surface area contributed by atoms with E-state index >= 15 is 0 Å². The lowest BCUT2D eigenvalue weighted by atomic mass is 10.2. The van der Waals surface area contributed by atoms with Crippen molar-refractivity contribution in [2.24, 2.45) is 5.10 Å². The minimum absolute atomic E-state index is 0.824. The molecule has 0 heterocycles. The minimum Gasteiger partial charge on any atom is -0.497 e. The van der Waals surface area contributed by atoms with Crippen LogP contribution in [0.2, 0.25) is 0 Å². The van der Waals surface area contributed by atoms with Crippen LogP contribution in [-0.4, -0.2) is 20.4 Å². The molecule has 0 fully saturated rings. The summed E-state index contributed by atoms with van der Waals surface area (Å²) in [7, 11) is 3.29. The first-order valence-electron chi connectivity index (χ1n) is 5.89. The zero-order valence-electron chi connectivity index (χ0n) is 11.0. The lowest BCUT2D eigenvalue weighted by Gasteiger charge is -2.02. The van der Waals surface area contributed by atoms with Gasteiger partial charge in [0, 0.05) is 0 Å². The van der Waals surface area contributed by atoms with Gasteiger partial charge in [-0.05, 0) is 54.1 Å². The Labute approximate surface area is 112 Å². The van der Waals surface area contributed by atoms with Crippen LogP contribution in [0.25, 0.3) is 0 Å². The van der Waals surface area contributed by atoms with Gasteiger partial charge in [-0.25, -0.2) is 0 Å². The zero-order chi connectivity index (χ0) is 13.5. The Kier molecular flexibility index (Phi) is 4.39. The number of hydrazone groups is 1. The highest BCUT2D eigenvalue weighted by atomic mass is 16.5. The van der Waals surface area contributed by atoms with Gasteiger partial charge in [0.05, 0.1) is 26.1 Å². The van der Waals surface area contributed by atoms with Crippen LogP contribution in [-0.2, 0) is 0 Å². The zero-order valence-corrected chi connectivity index (χ0v) is 11.0. The molecule has 0 unspecified atom stereocenters. The Morgan fingerprint density at radius 3 is 1.89 bits per heavy atom. The van der Waals surface area contributed by atoms with E-state index in [-0.39, 0.29) is 0 Å². The fourth-order valence-electron chi connectivity index (χ4n) is 1.54. The van der Waals surface area contributed by atoms with E-state index in [2.05, 4.69) is 10.5 Å². The second-order valence-electron chi connectivity index (χ2n) is 3.87. The maximum Gasteiger partial charge on any atom is 0.119 e. The van der Waals surface area contributed by atoms with Crippen molar-refractivity contribution < 1.29 is 9.47 Å². The molecule has 0 saturated carbocycles. The van der Waals surface area contributed by atoms with Crippen LogP contribution in [0.5, 0.6) is 11.5 Å². The van der Waals surface area contributed by atoms with Crippen LogP contribution in [0.1, 0.15) is 5.56 Å². The van der Waals surface area contributed by atoms with Crippen molar-refractivity contribution in [3.63, 3.8) is 0 Å². The highest BCUT2D eigenvalue weighted by molar-refractivity contribution is 5.80. The number of nitrogens with one attached hydrogen (secondary N) is 1. The van der Waals surface area contributed by atoms with Crippen molar-refractivity contribution in [2.45, 2.75) is 0 Å². The van der Waals surface area contributed by atoms with Gasteiger partial charge >= 0.3 is 0 Å². The Morgan fingerprint density at radius 2 is 1.37 bits per heavy atom. The van der Waals surface area contributed by atoms with E-state index in [4.69, 9.17) is 9.47 Å². The second-order valence-corrected chi connectivity index (χ2v) is 3.87. The number of hydrogen-bond acceptors (Lipinski definition) is 4. The van der Waals surface area contributed by atoms with Gasteiger partial charge in [0.2, 0.25) is 0 Å². The number of methoxy groups -OCH3 is 2. The van der Waals surface area contributed by atoms with Gasteiger partial charge in [-0.15, -0.1) is 0 Å². The Balaban J connectivity index is 1.94. The molecule has 4 nitrogen and oxygen atoms in total. The summed E-state index contributed by atoms with van der Waals surface area (Å²) in [5, 5.41) is 4.17. The molecule has 0 bridgehead atoms. The van der Waals surface area contributed by atoms with Gasteiger partial charge in [-0.1, -0.05) is 0 Å². The topological polar surface area (TPSA) is 42.8 Å². The molecule has 1 N–H and O–H groups in total. The SMILES string of the molecule is COc1ccc(C=NNc2ccc(OC)cc2)cc1. The summed E-state index contributed by atoms with van der Waals surface area (Å²) < 4.78 is 10.2. The predicted molar refractivity (Wildman–Crippen MR) is 77.2 cm³/mol. The molecule has 4 heteroatoms. The van der Waals surface area contributed by atoms with Gasteiger partial charge in [0.25, 0.3) is 0 Å². The molecule has 0 spiro atoms. The normalized spacial score (nSPS) is 10.4. The third-order valence-electron chi connectivity index (χ3n) is 2.61. The molecule has 0 amide bonds. The summed E-state index contributed by atoms with van der Waals surface area (Å²) >= 11 is 0. The average molecular weight is 256 g/mol. The molecule has 19 heavy (non-hydrogen) atoms. The molecule has 0 radical (unpaired) electrons. The molecular weight excluding hydrogens is 240 g/mol. The molecule has 0 atom stereocenters. The number of benzene rings is 2. The lowest BCUT2D eigenvalue weighted by molar-refractivity contribution is 0.414. The van der Waals surface area contributed by atoms with Gasteiger partial charge in [-0.3, -0.25) is 5.43 Å². The third kappa shape index (κ3) is 3.74. The summed E-state index contributed by atoms with van der Waals surface area (Å²) in [5.74, 6) is 1.66. The quantitative estimate of drug-likeness (QED) is 0.660. The molecule has 2 aromatic carbocycles. The molecule has 0 aliphatic carbocycles. The van der Waals surface area contributed by atoms with Crippen LogP contribution in [0.3, 0.4) is 0 Å². The molecule has 98 valence electrons. The van der Waals surface area contributed by atoms with E-state index < -0.39 is 0 Å². The van der Waals surface area contributed by atoms with E-state index in [0.717, 1.165) is 22.7 Å². The molecular formula is C15H16N2O2. The molecule has 0 saturated heterocycles. The average Bonchev–Trinajstić information content (AvgIpc) is 2.49. The summed E-state index contributed by atoms with van der Waals surface area (Å²) in [4.78, 5) is 0. The molecule has 0 aliphatic heterocycles. The largest absolute Gasteiger partial charge is 0.497 e. The van der Waals surface area contributed by atoms with E-state index in [1.165, 1.54) is 0 Å². The highest BCUT2D eigenvalue weighted by Gasteiger charge is 1.92. The second kappa shape index (κ2) is 6.44. The summed E-state index contributed by atoms with van der Waals surface area (Å²) in [5.41, 5.74) is 4.87. The smallest absolute Gasteiger partial charge is 0.119 e. The molecule has 0 aliphatic rings. The van der Waals surface area contributed by atoms with Crippen molar-refractivity contribution in [1.29, 1.82) is 0 Å². The van der Waals surface area contributed by atoms with Crippen molar-refractivity contribution >= 4 is 11.9 Å². The van der Waals surface area contributed by atoms with Crippen LogP contribution in [0.15, 0.2) is 53.6 Å². The number of nitrogens with zero attached hydrogens (tertiary/aromatic N) is 1. The van der Waals surface area contributed by atoms with Gasteiger partial charge in [0.1, 0.15) is 11.5 Å². The Hall–Kier alpha value is -2.49. The van der Waals surface area contributed by atoms with Crippen molar-refractivity contribution in [1.82, 2.24) is 0 Å². The van der Waals surface area contributed by atoms with Crippen LogP contribution in [0.4, 0.5) is 5.69 Å². The first-order chi connectivity index (χ1) is 9.31. The number of anilines is 1. The Morgan fingerprint density at radius 1 is 0.842 bits per heavy atom. The Bertz CT molecular complexity index is 533. The van der Waals surface area contributed by atoms with Gasteiger partial charge < -0.3 is 9.47 Å². The van der Waals surface area contributed by atoms with Crippen molar-refractivity contribution in [3.8, 4) is 11.5 Å². The molecule has 2 aromatic rings. The van der Waals surface area contributed by atoms with Crippen LogP contribution in [0, 0.1) is 0 Å². The van der Waals surface area contributed by atoms with Crippen LogP contribution < -0.4 is 14.9 Å². The number of ether oxygens (including phenoxy) is 2. The fourth-order valence-corrected chi connectivity index (χ4v) is 1.54. The summed E-state index contributed by atoms with van der Waals surface area (Å²) in [6.07, 6.45) is 1.75. The maximum atomic E-state index is 5.09. The fraction of sp³-hybridized carbons (Fsp3) is 0.133. The minimum atomic E-state index is 0.824. The standard InChI is InChI=1S/C15H16N2O2/c1-18-14-7-3-12(4-8-14)11-16-17-13-5-9-15(19-2)10-6-13/h3-11,17H,1-2H3. The van der Waals surface area contributed by atoms with E-state index in [9.17, 15) is 0 Å². The highest BCUT2D eigenvalue weighted by Crippen LogP contribution is 2.15. The van der Waals surface area contributed by atoms with Crippen LogP contribution >= 0.6 is 0 Å². The van der Waals surface area contributed by atoms with Gasteiger partial charge in [-0.2, -0.15) is 5.10 Å². The lowest BCUT2D eigenvalue weighted by Crippen LogP contribution is -1.91. The monoisotopic (exact) mass is 256 g/mol. The third-order valence-corrected chi connectivity index (χ3v) is 2.61. The van der Waals surface area contributed by atoms with E-state index in [0.29, 0.717) is 0 Å². The van der Waals surface area contributed by atoms with E-state index in [1.807, 2.05) is 48.5 Å². The van der Waals surface area contributed by atoms with Gasteiger partial charge in [0.15, 0.2) is 0 Å². The summed E-state index contributed by atoms with van der Waals surface area (Å²) in [6.45, 7) is 0. The predicted octanol–water partition coefficient (Wildman–Crippen LogP) is 3.15. The van der Waals surface area contributed by atoms with Crippen molar-refractivity contribution in [3.05, 3.63) is 54.1 Å². The number of rotatable bonds is 5.